The number of β-amino-alcohol motifs (C(OH)–C–C–N with tert-alkyl or cyclic N) is 1. The summed E-state index contributed by atoms with van der Waals surface area (Å²) in [6.07, 6.45) is 1.37. The molecule has 0 saturated carbocycles. The standard InChI is InChI=1S/C20H24N2O2/c23-19(16-8-3-1-4-9-16)15-22-13-7-10-17(14-22)20(24)21-18-11-5-2-6-12-18/h1-6,8-9,11-12,17,19,23H,7,10,13-15H2,(H,21,24). The fraction of sp³-hybridized carbons (Fsp3) is 0.350. The number of benzene rings is 2. The number of carbonyl (C=O) groups is 1. The van der Waals surface area contributed by atoms with Crippen LogP contribution in [0.3, 0.4) is 0 Å². The number of hydrogen-bond acceptors (Lipinski definition) is 3. The summed E-state index contributed by atoms with van der Waals surface area (Å²) < 4.78 is 0. The first-order chi connectivity index (χ1) is 11.7. The van der Waals surface area contributed by atoms with Gasteiger partial charge in [0.15, 0.2) is 0 Å². The minimum Gasteiger partial charge on any atom is -0.387 e. The molecule has 24 heavy (non-hydrogen) atoms. The molecule has 2 aromatic rings. The van der Waals surface area contributed by atoms with Crippen molar-refractivity contribution in [2.75, 3.05) is 25.0 Å². The zero-order valence-corrected chi connectivity index (χ0v) is 13.8. The molecule has 2 atom stereocenters. The number of para-hydroxylation sites is 1. The van der Waals surface area contributed by atoms with Crippen molar-refractivity contribution in [3.05, 3.63) is 66.2 Å². The molecule has 4 heteroatoms. The third kappa shape index (κ3) is 4.43. The molecule has 0 aromatic heterocycles. The third-order valence-electron chi connectivity index (χ3n) is 4.53. The van der Waals surface area contributed by atoms with Gasteiger partial charge >= 0.3 is 0 Å². The second kappa shape index (κ2) is 8.08. The number of hydrogen-bond donors (Lipinski definition) is 2. The predicted molar refractivity (Wildman–Crippen MR) is 95.6 cm³/mol. The Morgan fingerprint density at radius 2 is 1.79 bits per heavy atom. The van der Waals surface area contributed by atoms with Crippen LogP contribution in [0, 0.1) is 5.92 Å². The highest BCUT2D eigenvalue weighted by Gasteiger charge is 2.27. The molecular weight excluding hydrogens is 300 g/mol. The zero-order chi connectivity index (χ0) is 16.8. The van der Waals surface area contributed by atoms with Crippen LogP contribution in [0.2, 0.25) is 0 Å². The van der Waals surface area contributed by atoms with Crippen molar-refractivity contribution in [1.29, 1.82) is 0 Å². The van der Waals surface area contributed by atoms with E-state index >= 15 is 0 Å². The van der Waals surface area contributed by atoms with Crippen molar-refractivity contribution in [3.63, 3.8) is 0 Å². The van der Waals surface area contributed by atoms with Crippen molar-refractivity contribution in [3.8, 4) is 0 Å². The Labute approximate surface area is 143 Å². The Hall–Kier alpha value is -2.17. The van der Waals surface area contributed by atoms with Crippen molar-refractivity contribution < 1.29 is 9.90 Å². The van der Waals surface area contributed by atoms with Crippen molar-refractivity contribution >= 4 is 11.6 Å². The summed E-state index contributed by atoms with van der Waals surface area (Å²) in [6.45, 7) is 2.20. The molecule has 0 radical (unpaired) electrons. The quantitative estimate of drug-likeness (QED) is 0.889. The van der Waals surface area contributed by atoms with Crippen LogP contribution in [0.5, 0.6) is 0 Å². The Kier molecular flexibility index (Phi) is 5.62. The third-order valence-corrected chi connectivity index (χ3v) is 4.53. The molecular formula is C20H24N2O2. The molecule has 1 saturated heterocycles. The maximum Gasteiger partial charge on any atom is 0.228 e. The average Bonchev–Trinajstić information content (AvgIpc) is 2.63. The van der Waals surface area contributed by atoms with Crippen molar-refractivity contribution in [2.24, 2.45) is 5.92 Å². The lowest BCUT2D eigenvalue weighted by Gasteiger charge is -2.33. The monoisotopic (exact) mass is 324 g/mol. The molecule has 2 unspecified atom stereocenters. The smallest absolute Gasteiger partial charge is 0.228 e. The predicted octanol–water partition coefficient (Wildman–Crippen LogP) is 3.07. The lowest BCUT2D eigenvalue weighted by atomic mass is 9.96. The van der Waals surface area contributed by atoms with Gasteiger partial charge in [-0.15, -0.1) is 0 Å². The van der Waals surface area contributed by atoms with Gasteiger partial charge in [0, 0.05) is 18.8 Å². The van der Waals surface area contributed by atoms with Crippen LogP contribution in [0.15, 0.2) is 60.7 Å². The summed E-state index contributed by atoms with van der Waals surface area (Å²) in [4.78, 5) is 14.7. The van der Waals surface area contributed by atoms with Crippen LogP contribution in [-0.4, -0.2) is 35.5 Å². The van der Waals surface area contributed by atoms with Crippen LogP contribution >= 0.6 is 0 Å². The van der Waals surface area contributed by atoms with Crippen molar-refractivity contribution in [2.45, 2.75) is 18.9 Å². The molecule has 0 spiro atoms. The maximum atomic E-state index is 12.5. The number of likely N-dealkylation sites (tertiary alicyclic amines) is 1. The largest absolute Gasteiger partial charge is 0.387 e. The molecule has 1 heterocycles. The van der Waals surface area contributed by atoms with Gasteiger partial charge in [-0.2, -0.15) is 0 Å². The van der Waals surface area contributed by atoms with Gasteiger partial charge in [0.2, 0.25) is 5.91 Å². The molecule has 2 N–H and O–H groups in total. The molecule has 4 nitrogen and oxygen atoms in total. The van der Waals surface area contributed by atoms with E-state index in [2.05, 4.69) is 10.2 Å². The van der Waals surface area contributed by atoms with Crippen molar-refractivity contribution in [1.82, 2.24) is 4.90 Å². The molecule has 1 fully saturated rings. The van der Waals surface area contributed by atoms with E-state index in [1.807, 2.05) is 60.7 Å². The summed E-state index contributed by atoms with van der Waals surface area (Å²) >= 11 is 0. The van der Waals surface area contributed by atoms with Gasteiger partial charge in [-0.25, -0.2) is 0 Å². The number of carbonyl (C=O) groups excluding carboxylic acids is 1. The second-order valence-electron chi connectivity index (χ2n) is 6.38. The number of anilines is 1. The van der Waals surface area contributed by atoms with Crippen LogP contribution in [0.4, 0.5) is 5.69 Å². The lowest BCUT2D eigenvalue weighted by molar-refractivity contribution is -0.121. The Morgan fingerprint density at radius 1 is 1.12 bits per heavy atom. The van der Waals surface area contributed by atoms with E-state index in [0.29, 0.717) is 13.1 Å². The first kappa shape index (κ1) is 16.7. The number of aliphatic hydroxyl groups is 1. The Morgan fingerprint density at radius 3 is 2.50 bits per heavy atom. The first-order valence-electron chi connectivity index (χ1n) is 8.53. The van der Waals surface area contributed by atoms with Crippen LogP contribution < -0.4 is 5.32 Å². The van der Waals surface area contributed by atoms with E-state index in [1.165, 1.54) is 0 Å². The van der Waals surface area contributed by atoms with Gasteiger partial charge < -0.3 is 10.4 Å². The van der Waals surface area contributed by atoms with Gasteiger partial charge in [-0.05, 0) is 37.1 Å². The molecule has 0 bridgehead atoms. The topological polar surface area (TPSA) is 52.6 Å². The Balaban J connectivity index is 1.55. The molecule has 1 amide bonds. The molecule has 1 aliphatic heterocycles. The lowest BCUT2D eigenvalue weighted by Crippen LogP contribution is -2.42. The highest BCUT2D eigenvalue weighted by molar-refractivity contribution is 5.92. The van der Waals surface area contributed by atoms with E-state index in [0.717, 1.165) is 30.6 Å². The van der Waals surface area contributed by atoms with Gasteiger partial charge in [0.05, 0.1) is 12.0 Å². The SMILES string of the molecule is O=C(Nc1ccccc1)C1CCCN(CC(O)c2ccccc2)C1. The number of amides is 1. The van der Waals surface area contributed by atoms with E-state index in [1.54, 1.807) is 0 Å². The van der Waals surface area contributed by atoms with Gasteiger partial charge in [-0.3, -0.25) is 9.69 Å². The number of nitrogens with zero attached hydrogens (tertiary/aromatic N) is 1. The number of aliphatic hydroxyl groups excluding tert-OH is 1. The fourth-order valence-electron chi connectivity index (χ4n) is 3.23. The van der Waals surface area contributed by atoms with E-state index in [4.69, 9.17) is 0 Å². The Bertz CT molecular complexity index is 645. The van der Waals surface area contributed by atoms with Gasteiger partial charge in [0.1, 0.15) is 0 Å². The summed E-state index contributed by atoms with van der Waals surface area (Å²) in [7, 11) is 0. The average molecular weight is 324 g/mol. The second-order valence-corrected chi connectivity index (χ2v) is 6.38. The number of rotatable bonds is 5. The van der Waals surface area contributed by atoms with E-state index in [9.17, 15) is 9.90 Å². The molecule has 2 aromatic carbocycles. The molecule has 0 aliphatic carbocycles. The first-order valence-corrected chi connectivity index (χ1v) is 8.53. The van der Waals surface area contributed by atoms with E-state index in [-0.39, 0.29) is 11.8 Å². The normalized spacial score (nSPS) is 19.6. The minimum atomic E-state index is -0.512. The fourth-order valence-corrected chi connectivity index (χ4v) is 3.23. The van der Waals surface area contributed by atoms with Gasteiger partial charge in [-0.1, -0.05) is 48.5 Å². The maximum absolute atomic E-state index is 12.5. The molecule has 1 aliphatic rings. The highest BCUT2D eigenvalue weighted by atomic mass is 16.3. The van der Waals surface area contributed by atoms with Gasteiger partial charge in [0.25, 0.3) is 0 Å². The minimum absolute atomic E-state index is 0.0260. The molecule has 126 valence electrons. The summed E-state index contributed by atoms with van der Waals surface area (Å²) in [6, 6.07) is 19.3. The van der Waals surface area contributed by atoms with E-state index < -0.39 is 6.10 Å². The van der Waals surface area contributed by atoms with Crippen LogP contribution in [-0.2, 0) is 4.79 Å². The highest BCUT2D eigenvalue weighted by Crippen LogP contribution is 2.21. The van der Waals surface area contributed by atoms with Crippen LogP contribution in [0.25, 0.3) is 0 Å². The summed E-state index contributed by atoms with van der Waals surface area (Å²) in [5.41, 5.74) is 1.76. The summed E-state index contributed by atoms with van der Waals surface area (Å²) in [5, 5.41) is 13.4. The summed E-state index contributed by atoms with van der Waals surface area (Å²) in [5.74, 6) is 0.0435. The van der Waals surface area contributed by atoms with Crippen LogP contribution in [0.1, 0.15) is 24.5 Å². The molecule has 3 rings (SSSR count). The number of piperidine rings is 1. The number of nitrogens with one attached hydrogen (secondary N) is 1. The zero-order valence-electron chi connectivity index (χ0n) is 13.8.